The minimum atomic E-state index is 0.0279. The molecule has 0 aromatic carbocycles. The van der Waals surface area contributed by atoms with Gasteiger partial charge in [0.15, 0.2) is 0 Å². The highest BCUT2D eigenvalue weighted by atomic mass is 16.2. The quantitative estimate of drug-likeness (QED) is 0.851. The summed E-state index contributed by atoms with van der Waals surface area (Å²) < 4.78 is 2.19. The van der Waals surface area contributed by atoms with E-state index in [2.05, 4.69) is 26.4 Å². The molecule has 0 atom stereocenters. The Hall–Kier alpha value is -2.44. The van der Waals surface area contributed by atoms with Gasteiger partial charge in [-0.25, -0.2) is 15.0 Å². The van der Waals surface area contributed by atoms with E-state index in [1.165, 1.54) is 0 Å². The van der Waals surface area contributed by atoms with Crippen LogP contribution < -0.4 is 4.90 Å². The molecule has 0 unspecified atom stereocenters. The fourth-order valence-electron chi connectivity index (χ4n) is 3.34. The van der Waals surface area contributed by atoms with Crippen LogP contribution in [0.3, 0.4) is 0 Å². The lowest BCUT2D eigenvalue weighted by molar-refractivity contribution is 0.0708. The molecule has 134 valence electrons. The van der Waals surface area contributed by atoms with Crippen LogP contribution >= 0.6 is 0 Å². The minimum absolute atomic E-state index is 0.0279. The number of hydrogen-bond acceptors (Lipinski definition) is 5. The standard InChI is InChI=1S/C18H26N6O/c1-5-23-11-8-19-16(23)14-6-9-24(10-7-14)17(25)15-12-20-18(22(3)4)21-13(15)2/h8,11-12,14H,5-7,9-10H2,1-4H3. The maximum absolute atomic E-state index is 12.8. The molecule has 1 amide bonds. The SMILES string of the molecule is CCn1ccnc1C1CCN(C(=O)c2cnc(N(C)C)nc2C)CC1. The molecule has 3 rings (SSSR count). The maximum Gasteiger partial charge on any atom is 0.257 e. The zero-order valence-electron chi connectivity index (χ0n) is 15.4. The van der Waals surface area contributed by atoms with Crippen LogP contribution in [0.25, 0.3) is 0 Å². The van der Waals surface area contributed by atoms with Crippen molar-refractivity contribution in [2.75, 3.05) is 32.1 Å². The lowest BCUT2D eigenvalue weighted by Crippen LogP contribution is -2.39. The third kappa shape index (κ3) is 3.50. The van der Waals surface area contributed by atoms with E-state index < -0.39 is 0 Å². The molecule has 1 fully saturated rings. The fraction of sp³-hybridized carbons (Fsp3) is 0.556. The van der Waals surface area contributed by atoms with Crippen molar-refractivity contribution in [2.45, 2.75) is 39.2 Å². The lowest BCUT2D eigenvalue weighted by atomic mass is 9.95. The second-order valence-electron chi connectivity index (χ2n) is 6.70. The monoisotopic (exact) mass is 342 g/mol. The zero-order chi connectivity index (χ0) is 18.0. The van der Waals surface area contributed by atoms with Crippen LogP contribution in [-0.4, -0.2) is 57.5 Å². The minimum Gasteiger partial charge on any atom is -0.347 e. The molecule has 0 saturated carbocycles. The van der Waals surface area contributed by atoms with E-state index in [1.54, 1.807) is 6.20 Å². The number of aromatic nitrogens is 4. The number of piperidine rings is 1. The summed E-state index contributed by atoms with van der Waals surface area (Å²) in [5.74, 6) is 2.22. The van der Waals surface area contributed by atoms with Crippen LogP contribution in [0.2, 0.25) is 0 Å². The molecule has 3 heterocycles. The van der Waals surface area contributed by atoms with Gasteiger partial charge in [0, 0.05) is 58.2 Å². The number of imidazole rings is 1. The van der Waals surface area contributed by atoms with Crippen molar-refractivity contribution in [1.29, 1.82) is 0 Å². The first kappa shape index (κ1) is 17.4. The average molecular weight is 342 g/mol. The molecule has 2 aromatic rings. The Morgan fingerprint density at radius 1 is 1.28 bits per heavy atom. The molecule has 0 radical (unpaired) electrons. The van der Waals surface area contributed by atoms with Gasteiger partial charge in [-0.3, -0.25) is 4.79 Å². The molecule has 7 nitrogen and oxygen atoms in total. The van der Waals surface area contributed by atoms with Crippen LogP contribution in [0.4, 0.5) is 5.95 Å². The maximum atomic E-state index is 12.8. The van der Waals surface area contributed by atoms with Crippen molar-refractivity contribution in [1.82, 2.24) is 24.4 Å². The van der Waals surface area contributed by atoms with E-state index >= 15 is 0 Å². The predicted molar refractivity (Wildman–Crippen MR) is 96.9 cm³/mol. The van der Waals surface area contributed by atoms with Crippen molar-refractivity contribution < 1.29 is 4.79 Å². The number of aryl methyl sites for hydroxylation is 2. The molecule has 0 N–H and O–H groups in total. The summed E-state index contributed by atoms with van der Waals surface area (Å²) in [6.45, 7) is 6.42. The highest BCUT2D eigenvalue weighted by molar-refractivity contribution is 5.95. The van der Waals surface area contributed by atoms with Crippen LogP contribution in [0, 0.1) is 6.92 Å². The van der Waals surface area contributed by atoms with E-state index in [-0.39, 0.29) is 5.91 Å². The Morgan fingerprint density at radius 3 is 2.60 bits per heavy atom. The summed E-state index contributed by atoms with van der Waals surface area (Å²) >= 11 is 0. The Kier molecular flexibility index (Phi) is 5.01. The van der Waals surface area contributed by atoms with E-state index in [1.807, 2.05) is 43.2 Å². The molecular formula is C18H26N6O. The van der Waals surface area contributed by atoms with Gasteiger partial charge < -0.3 is 14.4 Å². The molecule has 0 spiro atoms. The van der Waals surface area contributed by atoms with E-state index in [4.69, 9.17) is 0 Å². The number of anilines is 1. The largest absolute Gasteiger partial charge is 0.347 e. The Labute approximate surface area is 148 Å². The van der Waals surface area contributed by atoms with Crippen molar-refractivity contribution in [3.63, 3.8) is 0 Å². The molecule has 7 heteroatoms. The Balaban J connectivity index is 1.68. The summed E-state index contributed by atoms with van der Waals surface area (Å²) in [7, 11) is 3.78. The predicted octanol–water partition coefficient (Wildman–Crippen LogP) is 2.09. The first-order chi connectivity index (χ1) is 12.0. The first-order valence-corrected chi connectivity index (χ1v) is 8.82. The van der Waals surface area contributed by atoms with Gasteiger partial charge in [-0.05, 0) is 26.7 Å². The van der Waals surface area contributed by atoms with Gasteiger partial charge in [-0.15, -0.1) is 0 Å². The number of carbonyl (C=O) groups excluding carboxylic acids is 1. The van der Waals surface area contributed by atoms with E-state index in [0.29, 0.717) is 17.4 Å². The van der Waals surface area contributed by atoms with Gasteiger partial charge in [0.1, 0.15) is 5.82 Å². The van der Waals surface area contributed by atoms with Gasteiger partial charge in [0.2, 0.25) is 5.95 Å². The second kappa shape index (κ2) is 7.21. The first-order valence-electron chi connectivity index (χ1n) is 8.82. The van der Waals surface area contributed by atoms with E-state index in [0.717, 1.165) is 44.0 Å². The molecule has 1 aliphatic heterocycles. The van der Waals surface area contributed by atoms with Crippen molar-refractivity contribution >= 4 is 11.9 Å². The van der Waals surface area contributed by atoms with Crippen LogP contribution in [0.1, 0.15) is 47.6 Å². The molecular weight excluding hydrogens is 316 g/mol. The number of nitrogens with zero attached hydrogens (tertiary/aromatic N) is 6. The molecule has 0 aliphatic carbocycles. The normalized spacial score (nSPS) is 15.4. The number of hydrogen-bond donors (Lipinski definition) is 0. The average Bonchev–Trinajstić information content (AvgIpc) is 3.10. The molecule has 1 aliphatic rings. The van der Waals surface area contributed by atoms with Crippen molar-refractivity contribution in [3.05, 3.63) is 35.7 Å². The second-order valence-corrected chi connectivity index (χ2v) is 6.70. The number of rotatable bonds is 4. The lowest BCUT2D eigenvalue weighted by Gasteiger charge is -2.32. The Morgan fingerprint density at radius 2 is 2.00 bits per heavy atom. The number of amides is 1. The summed E-state index contributed by atoms with van der Waals surface area (Å²) in [5, 5.41) is 0. The molecule has 25 heavy (non-hydrogen) atoms. The van der Waals surface area contributed by atoms with Gasteiger partial charge in [-0.2, -0.15) is 0 Å². The summed E-state index contributed by atoms with van der Waals surface area (Å²) in [6, 6.07) is 0. The topological polar surface area (TPSA) is 67.2 Å². The van der Waals surface area contributed by atoms with Crippen molar-refractivity contribution in [3.8, 4) is 0 Å². The van der Waals surface area contributed by atoms with Crippen molar-refractivity contribution in [2.24, 2.45) is 0 Å². The highest BCUT2D eigenvalue weighted by Gasteiger charge is 2.27. The van der Waals surface area contributed by atoms with Gasteiger partial charge in [0.25, 0.3) is 5.91 Å². The van der Waals surface area contributed by atoms with Gasteiger partial charge in [-0.1, -0.05) is 0 Å². The Bertz CT molecular complexity index is 746. The highest BCUT2D eigenvalue weighted by Crippen LogP contribution is 2.28. The molecule has 2 aromatic heterocycles. The summed E-state index contributed by atoms with van der Waals surface area (Å²) in [6.07, 6.45) is 7.43. The zero-order valence-corrected chi connectivity index (χ0v) is 15.4. The van der Waals surface area contributed by atoms with Gasteiger partial charge in [0.05, 0.1) is 11.3 Å². The molecule has 1 saturated heterocycles. The van der Waals surface area contributed by atoms with Crippen LogP contribution in [0.15, 0.2) is 18.6 Å². The number of carbonyl (C=O) groups is 1. The van der Waals surface area contributed by atoms with Gasteiger partial charge >= 0.3 is 0 Å². The number of likely N-dealkylation sites (tertiary alicyclic amines) is 1. The van der Waals surface area contributed by atoms with E-state index in [9.17, 15) is 4.79 Å². The fourth-order valence-corrected chi connectivity index (χ4v) is 3.34. The third-order valence-corrected chi connectivity index (χ3v) is 4.83. The van der Waals surface area contributed by atoms with Crippen LogP contribution in [0.5, 0.6) is 0 Å². The molecule has 0 bridgehead atoms. The summed E-state index contributed by atoms with van der Waals surface area (Å²) in [4.78, 5) is 29.8. The summed E-state index contributed by atoms with van der Waals surface area (Å²) in [5.41, 5.74) is 1.33. The van der Waals surface area contributed by atoms with Crippen LogP contribution in [-0.2, 0) is 6.54 Å². The smallest absolute Gasteiger partial charge is 0.257 e. The third-order valence-electron chi connectivity index (χ3n) is 4.83.